The smallest absolute Gasteiger partial charge is 0.334 e. The maximum Gasteiger partial charge on any atom is 0.353 e. The van der Waals surface area contributed by atoms with E-state index in [9.17, 15) is 27.7 Å². The fourth-order valence-corrected chi connectivity index (χ4v) is 2.16. The van der Waals surface area contributed by atoms with E-state index in [0.717, 1.165) is 36.7 Å². The van der Waals surface area contributed by atoms with E-state index < -0.39 is 33.9 Å². The lowest BCUT2D eigenvalue weighted by atomic mass is 10.2. The average molecular weight is 379 g/mol. The van der Waals surface area contributed by atoms with E-state index in [2.05, 4.69) is 20.6 Å². The molecule has 138 valence electrons. The molecule has 0 aliphatic rings. The fourth-order valence-electron chi connectivity index (χ4n) is 2.16. The van der Waals surface area contributed by atoms with Crippen molar-refractivity contribution in [3.8, 4) is 0 Å². The molecule has 1 heterocycles. The molecule has 2 aromatic carbocycles. The van der Waals surface area contributed by atoms with Gasteiger partial charge in [-0.2, -0.15) is 0 Å². The zero-order valence-corrected chi connectivity index (χ0v) is 13.2. The second kappa shape index (κ2) is 7.23. The summed E-state index contributed by atoms with van der Waals surface area (Å²) in [5.41, 5.74) is -0.933. The zero-order chi connectivity index (χ0) is 19.6. The van der Waals surface area contributed by atoms with Crippen LogP contribution in [-0.4, -0.2) is 14.9 Å². The van der Waals surface area contributed by atoms with Crippen LogP contribution < -0.4 is 10.6 Å². The van der Waals surface area contributed by atoms with Gasteiger partial charge in [0.25, 0.3) is 0 Å². The summed E-state index contributed by atoms with van der Waals surface area (Å²) in [7, 11) is 0. The van der Waals surface area contributed by atoms with Crippen LogP contribution in [-0.2, 0) is 0 Å². The molecule has 0 unspecified atom stereocenters. The molecule has 2 N–H and O–H groups in total. The van der Waals surface area contributed by atoms with Gasteiger partial charge in [-0.05, 0) is 24.3 Å². The first-order valence-electron chi connectivity index (χ1n) is 7.28. The van der Waals surface area contributed by atoms with Crippen LogP contribution in [0.4, 0.5) is 46.3 Å². The van der Waals surface area contributed by atoms with Crippen molar-refractivity contribution in [2.45, 2.75) is 0 Å². The highest BCUT2D eigenvalue weighted by Crippen LogP contribution is 2.33. The number of nitro groups is 1. The van der Waals surface area contributed by atoms with Gasteiger partial charge in [-0.1, -0.05) is 0 Å². The standard InChI is InChI=1S/C16H9F4N5O2/c17-8-1-4-13(12(20)5-8)24-16-14(25(26)27)15(21-7-22-16)23-9-2-3-10(18)11(19)6-9/h1-7H,(H2,21,22,23,24). The van der Waals surface area contributed by atoms with Gasteiger partial charge in [-0.3, -0.25) is 10.1 Å². The monoisotopic (exact) mass is 379 g/mol. The molecule has 0 atom stereocenters. The fraction of sp³-hybridized carbons (Fsp3) is 0. The zero-order valence-electron chi connectivity index (χ0n) is 13.2. The maximum absolute atomic E-state index is 13.8. The quantitative estimate of drug-likeness (QED) is 0.387. The normalized spacial score (nSPS) is 10.5. The number of benzene rings is 2. The molecule has 0 spiro atoms. The van der Waals surface area contributed by atoms with E-state index in [1.807, 2.05) is 0 Å². The molecule has 0 saturated heterocycles. The van der Waals surface area contributed by atoms with Crippen molar-refractivity contribution in [2.75, 3.05) is 10.6 Å². The lowest BCUT2D eigenvalue weighted by Gasteiger charge is -2.11. The van der Waals surface area contributed by atoms with Gasteiger partial charge in [0.2, 0.25) is 11.6 Å². The van der Waals surface area contributed by atoms with Crippen LogP contribution >= 0.6 is 0 Å². The van der Waals surface area contributed by atoms with Gasteiger partial charge in [0.05, 0.1) is 10.6 Å². The number of anilines is 4. The molecule has 3 aromatic rings. The minimum atomic E-state index is -1.16. The van der Waals surface area contributed by atoms with Crippen molar-refractivity contribution >= 4 is 28.7 Å². The second-order valence-electron chi connectivity index (χ2n) is 5.18. The van der Waals surface area contributed by atoms with Crippen molar-refractivity contribution in [3.63, 3.8) is 0 Å². The molecule has 0 amide bonds. The predicted molar refractivity (Wildman–Crippen MR) is 88.0 cm³/mol. The molecule has 1 aromatic heterocycles. The van der Waals surface area contributed by atoms with Gasteiger partial charge in [0.1, 0.15) is 18.0 Å². The summed E-state index contributed by atoms with van der Waals surface area (Å²) in [5, 5.41) is 16.3. The molecule has 0 aliphatic carbocycles. The third kappa shape index (κ3) is 3.92. The van der Waals surface area contributed by atoms with Crippen molar-refractivity contribution in [2.24, 2.45) is 0 Å². The average Bonchev–Trinajstić information content (AvgIpc) is 2.60. The first-order chi connectivity index (χ1) is 12.8. The molecular formula is C16H9F4N5O2. The summed E-state index contributed by atoms with van der Waals surface area (Å²) in [6.07, 6.45) is 0.943. The van der Waals surface area contributed by atoms with Crippen LogP contribution in [0.15, 0.2) is 42.7 Å². The number of hydrogen-bond donors (Lipinski definition) is 2. The molecule has 7 nitrogen and oxygen atoms in total. The van der Waals surface area contributed by atoms with Crippen LogP contribution in [0.5, 0.6) is 0 Å². The van der Waals surface area contributed by atoms with Gasteiger partial charge in [-0.25, -0.2) is 27.5 Å². The van der Waals surface area contributed by atoms with Crippen LogP contribution in [0.2, 0.25) is 0 Å². The Morgan fingerprint density at radius 3 is 2.19 bits per heavy atom. The number of halogens is 4. The minimum absolute atomic E-state index is 0.00499. The third-order valence-electron chi connectivity index (χ3n) is 3.37. The lowest BCUT2D eigenvalue weighted by Crippen LogP contribution is -2.06. The number of aromatic nitrogens is 2. The molecule has 3 rings (SSSR count). The molecule has 11 heteroatoms. The highest BCUT2D eigenvalue weighted by Gasteiger charge is 2.24. The lowest BCUT2D eigenvalue weighted by molar-refractivity contribution is -0.383. The largest absolute Gasteiger partial charge is 0.353 e. The topological polar surface area (TPSA) is 93.0 Å². The maximum atomic E-state index is 13.8. The summed E-state index contributed by atoms with van der Waals surface area (Å²) in [6, 6.07) is 5.36. The Kier molecular flexibility index (Phi) is 4.83. The third-order valence-corrected chi connectivity index (χ3v) is 3.37. The molecule has 0 bridgehead atoms. The van der Waals surface area contributed by atoms with Crippen molar-refractivity contribution in [1.29, 1.82) is 0 Å². The highest BCUT2D eigenvalue weighted by atomic mass is 19.2. The summed E-state index contributed by atoms with van der Waals surface area (Å²) < 4.78 is 53.1. The molecule has 0 fully saturated rings. The first kappa shape index (κ1) is 18.0. The summed E-state index contributed by atoms with van der Waals surface area (Å²) in [6.45, 7) is 0. The Hall–Kier alpha value is -3.76. The van der Waals surface area contributed by atoms with Gasteiger partial charge < -0.3 is 10.6 Å². The number of nitrogens with one attached hydrogen (secondary N) is 2. The van der Waals surface area contributed by atoms with E-state index in [4.69, 9.17) is 0 Å². The van der Waals surface area contributed by atoms with E-state index in [0.29, 0.717) is 6.07 Å². The Morgan fingerprint density at radius 2 is 1.56 bits per heavy atom. The Labute approximate surface area is 148 Å². The van der Waals surface area contributed by atoms with Gasteiger partial charge >= 0.3 is 5.69 Å². The molecule has 27 heavy (non-hydrogen) atoms. The number of nitrogens with zero attached hydrogens (tertiary/aromatic N) is 3. The van der Waals surface area contributed by atoms with Gasteiger partial charge in [-0.15, -0.1) is 0 Å². The van der Waals surface area contributed by atoms with Crippen molar-refractivity contribution < 1.29 is 22.5 Å². The minimum Gasteiger partial charge on any atom is -0.334 e. The van der Waals surface area contributed by atoms with Crippen LogP contribution in [0, 0.1) is 33.4 Å². The highest BCUT2D eigenvalue weighted by molar-refractivity contribution is 5.76. The summed E-state index contributed by atoms with van der Waals surface area (Å²) in [4.78, 5) is 18.0. The Bertz CT molecular complexity index is 1030. The van der Waals surface area contributed by atoms with Crippen LogP contribution in [0.3, 0.4) is 0 Å². The SMILES string of the molecule is O=[N+]([O-])c1c(Nc2ccc(F)c(F)c2)ncnc1Nc1ccc(F)cc1F. The van der Waals surface area contributed by atoms with Gasteiger partial charge in [0, 0.05) is 17.8 Å². The number of hydrogen-bond acceptors (Lipinski definition) is 6. The molecule has 0 aliphatic heterocycles. The summed E-state index contributed by atoms with van der Waals surface area (Å²) in [5.74, 6) is -4.79. The van der Waals surface area contributed by atoms with E-state index in [1.54, 1.807) is 0 Å². The van der Waals surface area contributed by atoms with Crippen molar-refractivity contribution in [1.82, 2.24) is 9.97 Å². The molecule has 0 saturated carbocycles. The molecule has 0 radical (unpaired) electrons. The Morgan fingerprint density at radius 1 is 0.852 bits per heavy atom. The predicted octanol–water partition coefficient (Wildman–Crippen LogP) is 4.43. The van der Waals surface area contributed by atoms with Crippen molar-refractivity contribution in [3.05, 3.63) is 76.1 Å². The Balaban J connectivity index is 1.99. The van der Waals surface area contributed by atoms with Crippen LogP contribution in [0.25, 0.3) is 0 Å². The summed E-state index contributed by atoms with van der Waals surface area (Å²) >= 11 is 0. The van der Waals surface area contributed by atoms with E-state index >= 15 is 0 Å². The first-order valence-corrected chi connectivity index (χ1v) is 7.28. The van der Waals surface area contributed by atoms with E-state index in [1.165, 1.54) is 0 Å². The molecular weight excluding hydrogens is 370 g/mol. The number of rotatable bonds is 5. The second-order valence-corrected chi connectivity index (χ2v) is 5.18. The van der Waals surface area contributed by atoms with Gasteiger partial charge in [0.15, 0.2) is 11.6 Å². The van der Waals surface area contributed by atoms with Crippen LogP contribution in [0.1, 0.15) is 0 Å². The van der Waals surface area contributed by atoms with E-state index in [-0.39, 0.29) is 23.0 Å².